The molecule has 1 unspecified atom stereocenters. The first-order chi connectivity index (χ1) is 8.70. The molecule has 0 aliphatic rings. The Morgan fingerprint density at radius 3 is 2.78 bits per heavy atom. The van der Waals surface area contributed by atoms with E-state index in [9.17, 15) is 4.79 Å². The largest absolute Gasteiger partial charge is 0.375 e. The molecule has 4 heteroatoms. The zero-order chi connectivity index (χ0) is 13.0. The first-order valence-corrected chi connectivity index (χ1v) is 6.64. The molecule has 3 nitrogen and oxygen atoms in total. The molecule has 0 saturated heterocycles. The number of methoxy groups -OCH3 is 1. The van der Waals surface area contributed by atoms with Crippen LogP contribution >= 0.6 is 11.3 Å². The molecule has 0 radical (unpaired) electrons. The maximum absolute atomic E-state index is 12.0. The van der Waals surface area contributed by atoms with Crippen molar-refractivity contribution in [1.29, 1.82) is 0 Å². The Labute approximate surface area is 110 Å². The lowest BCUT2D eigenvalue weighted by atomic mass is 10.1. The number of aromatic nitrogens is 1. The second kappa shape index (κ2) is 5.89. The SMILES string of the molecule is COC(C)c1nc(CC(=O)c2ccccc2)cs1. The van der Waals surface area contributed by atoms with Gasteiger partial charge in [0.05, 0.1) is 12.1 Å². The molecule has 2 aromatic rings. The van der Waals surface area contributed by atoms with Gasteiger partial charge in [-0.05, 0) is 6.92 Å². The number of carbonyl (C=O) groups excluding carboxylic acids is 1. The Hall–Kier alpha value is -1.52. The first-order valence-electron chi connectivity index (χ1n) is 5.76. The fraction of sp³-hybridized carbons (Fsp3) is 0.286. The van der Waals surface area contributed by atoms with Gasteiger partial charge in [0.1, 0.15) is 11.1 Å². The molecule has 0 N–H and O–H groups in total. The minimum Gasteiger partial charge on any atom is -0.375 e. The van der Waals surface area contributed by atoms with Crippen LogP contribution in [0.5, 0.6) is 0 Å². The normalized spacial score (nSPS) is 12.3. The smallest absolute Gasteiger partial charge is 0.168 e. The summed E-state index contributed by atoms with van der Waals surface area (Å²) in [6.45, 7) is 1.95. The lowest BCUT2D eigenvalue weighted by molar-refractivity contribution is 0.0991. The maximum Gasteiger partial charge on any atom is 0.168 e. The van der Waals surface area contributed by atoms with Crippen molar-refractivity contribution in [3.8, 4) is 0 Å². The molecule has 18 heavy (non-hydrogen) atoms. The fourth-order valence-corrected chi connectivity index (χ4v) is 2.43. The van der Waals surface area contributed by atoms with Crippen LogP contribution in [0.1, 0.15) is 34.1 Å². The van der Waals surface area contributed by atoms with Crippen molar-refractivity contribution in [2.75, 3.05) is 7.11 Å². The summed E-state index contributed by atoms with van der Waals surface area (Å²) in [7, 11) is 1.65. The first kappa shape index (κ1) is 12.9. The minimum absolute atomic E-state index is 0.0180. The highest BCUT2D eigenvalue weighted by atomic mass is 32.1. The third-order valence-electron chi connectivity index (χ3n) is 2.71. The molecule has 0 bridgehead atoms. The third-order valence-corrected chi connectivity index (χ3v) is 3.76. The highest BCUT2D eigenvalue weighted by Crippen LogP contribution is 2.21. The van der Waals surface area contributed by atoms with Crippen molar-refractivity contribution in [1.82, 2.24) is 4.98 Å². The van der Waals surface area contributed by atoms with E-state index >= 15 is 0 Å². The molecular weight excluding hydrogens is 246 g/mol. The molecule has 1 atom stereocenters. The standard InChI is InChI=1S/C14H15NO2S/c1-10(17-2)14-15-12(9-18-14)8-13(16)11-6-4-3-5-7-11/h3-7,9-10H,8H2,1-2H3. The zero-order valence-corrected chi connectivity index (χ0v) is 11.2. The van der Waals surface area contributed by atoms with Gasteiger partial charge in [-0.3, -0.25) is 4.79 Å². The Morgan fingerprint density at radius 2 is 2.11 bits per heavy atom. The van der Waals surface area contributed by atoms with Crippen LogP contribution in [0.4, 0.5) is 0 Å². The topological polar surface area (TPSA) is 39.2 Å². The van der Waals surface area contributed by atoms with Gasteiger partial charge >= 0.3 is 0 Å². The predicted molar refractivity (Wildman–Crippen MR) is 72.0 cm³/mol. The summed E-state index contributed by atoms with van der Waals surface area (Å²) in [5.41, 5.74) is 1.54. The van der Waals surface area contributed by atoms with Gasteiger partial charge in [-0.2, -0.15) is 0 Å². The number of Topliss-reactive ketones (excluding diaryl/α,β-unsaturated/α-hetero) is 1. The summed E-state index contributed by atoms with van der Waals surface area (Å²) in [5.74, 6) is 0.0949. The number of benzene rings is 1. The number of hydrogen-bond donors (Lipinski definition) is 0. The third kappa shape index (κ3) is 3.03. The molecular formula is C14H15NO2S. The van der Waals surface area contributed by atoms with Gasteiger partial charge in [0, 0.05) is 18.1 Å². The summed E-state index contributed by atoms with van der Waals surface area (Å²) in [6.07, 6.45) is 0.326. The lowest BCUT2D eigenvalue weighted by Gasteiger charge is -2.03. The molecule has 0 aliphatic heterocycles. The molecule has 1 aromatic carbocycles. The Morgan fingerprint density at radius 1 is 1.39 bits per heavy atom. The Balaban J connectivity index is 2.06. The molecule has 2 rings (SSSR count). The van der Waals surface area contributed by atoms with Crippen LogP contribution in [0.2, 0.25) is 0 Å². The van der Waals surface area contributed by atoms with Crippen LogP contribution in [0.25, 0.3) is 0 Å². The van der Waals surface area contributed by atoms with Crippen LogP contribution in [0.3, 0.4) is 0 Å². The summed E-state index contributed by atoms with van der Waals surface area (Å²) >= 11 is 1.53. The highest BCUT2D eigenvalue weighted by molar-refractivity contribution is 7.09. The average Bonchev–Trinajstić information content (AvgIpc) is 2.87. The maximum atomic E-state index is 12.0. The van der Waals surface area contributed by atoms with Gasteiger partial charge in [-0.15, -0.1) is 11.3 Å². The minimum atomic E-state index is -0.0180. The monoisotopic (exact) mass is 261 g/mol. The second-order valence-electron chi connectivity index (χ2n) is 4.02. The number of hydrogen-bond acceptors (Lipinski definition) is 4. The zero-order valence-electron chi connectivity index (χ0n) is 10.4. The Bertz CT molecular complexity index is 522. The molecule has 0 fully saturated rings. The van der Waals surface area contributed by atoms with Gasteiger partial charge in [0.25, 0.3) is 0 Å². The summed E-state index contributed by atoms with van der Waals surface area (Å²) in [6, 6.07) is 9.29. The highest BCUT2D eigenvalue weighted by Gasteiger charge is 2.12. The average molecular weight is 261 g/mol. The van der Waals surface area contributed by atoms with Crippen LogP contribution in [-0.4, -0.2) is 17.9 Å². The predicted octanol–water partition coefficient (Wildman–Crippen LogP) is 3.28. The van der Waals surface area contributed by atoms with Crippen molar-refractivity contribution >= 4 is 17.1 Å². The molecule has 1 aromatic heterocycles. The molecule has 94 valence electrons. The van der Waals surface area contributed by atoms with Crippen LogP contribution in [-0.2, 0) is 11.2 Å². The molecule has 0 amide bonds. The molecule has 0 aliphatic carbocycles. The van der Waals surface area contributed by atoms with E-state index in [4.69, 9.17) is 4.74 Å². The number of carbonyl (C=O) groups is 1. The van der Waals surface area contributed by atoms with Gasteiger partial charge in [-0.25, -0.2) is 4.98 Å². The van der Waals surface area contributed by atoms with Crippen molar-refractivity contribution in [3.05, 3.63) is 52.0 Å². The van der Waals surface area contributed by atoms with E-state index in [1.165, 1.54) is 11.3 Å². The summed E-state index contributed by atoms with van der Waals surface area (Å²) in [5, 5.41) is 2.83. The van der Waals surface area contributed by atoms with E-state index in [2.05, 4.69) is 4.98 Å². The van der Waals surface area contributed by atoms with E-state index < -0.39 is 0 Å². The number of ketones is 1. The quantitative estimate of drug-likeness (QED) is 0.775. The lowest BCUT2D eigenvalue weighted by Crippen LogP contribution is -2.04. The van der Waals surface area contributed by atoms with Crippen LogP contribution in [0.15, 0.2) is 35.7 Å². The van der Waals surface area contributed by atoms with Crippen molar-refractivity contribution < 1.29 is 9.53 Å². The number of nitrogens with zero attached hydrogens (tertiary/aromatic N) is 1. The van der Waals surface area contributed by atoms with E-state index in [1.54, 1.807) is 7.11 Å². The summed E-state index contributed by atoms with van der Waals surface area (Å²) < 4.78 is 5.20. The van der Waals surface area contributed by atoms with Gasteiger partial charge < -0.3 is 4.74 Å². The van der Waals surface area contributed by atoms with Crippen LogP contribution < -0.4 is 0 Å². The fourth-order valence-electron chi connectivity index (χ4n) is 1.58. The van der Waals surface area contributed by atoms with Gasteiger partial charge in [-0.1, -0.05) is 30.3 Å². The van der Waals surface area contributed by atoms with Gasteiger partial charge in [0.15, 0.2) is 5.78 Å². The van der Waals surface area contributed by atoms with E-state index in [0.29, 0.717) is 6.42 Å². The van der Waals surface area contributed by atoms with Crippen molar-refractivity contribution in [2.24, 2.45) is 0 Å². The van der Waals surface area contributed by atoms with E-state index in [-0.39, 0.29) is 11.9 Å². The van der Waals surface area contributed by atoms with Crippen molar-refractivity contribution in [3.63, 3.8) is 0 Å². The number of thiazole rings is 1. The molecule has 0 spiro atoms. The van der Waals surface area contributed by atoms with Gasteiger partial charge in [0.2, 0.25) is 0 Å². The van der Waals surface area contributed by atoms with Crippen molar-refractivity contribution in [2.45, 2.75) is 19.4 Å². The van der Waals surface area contributed by atoms with E-state index in [0.717, 1.165) is 16.3 Å². The van der Waals surface area contributed by atoms with E-state index in [1.807, 2.05) is 42.6 Å². The van der Waals surface area contributed by atoms with Crippen LogP contribution in [0, 0.1) is 0 Å². The second-order valence-corrected chi connectivity index (χ2v) is 4.91. The molecule has 1 heterocycles. The molecule has 0 saturated carbocycles. The number of ether oxygens (including phenoxy) is 1. The summed E-state index contributed by atoms with van der Waals surface area (Å²) in [4.78, 5) is 16.4. The Kier molecular flexibility index (Phi) is 4.23. The number of rotatable bonds is 5.